The fourth-order valence-electron chi connectivity index (χ4n) is 8.68. The highest BCUT2D eigenvalue weighted by atomic mass is 15.2. The molecule has 3 heterocycles. The monoisotopic (exact) mass is 467 g/mol. The molecule has 3 heteroatoms. The van der Waals surface area contributed by atoms with Crippen molar-refractivity contribution in [3.05, 3.63) is 22.3 Å². The first-order valence-corrected chi connectivity index (χ1v) is 15.2. The van der Waals surface area contributed by atoms with Crippen molar-refractivity contribution < 1.29 is 0 Å². The number of rotatable bonds is 6. The second kappa shape index (κ2) is 11.2. The Morgan fingerprint density at radius 1 is 0.706 bits per heavy atom. The normalized spacial score (nSPS) is 38.1. The molecule has 34 heavy (non-hydrogen) atoms. The van der Waals surface area contributed by atoms with Gasteiger partial charge in [-0.15, -0.1) is 0 Å². The molecule has 3 nitrogen and oxygen atoms in total. The van der Waals surface area contributed by atoms with Crippen LogP contribution >= 0.6 is 0 Å². The molecule has 0 aromatic rings. The Hall–Kier alpha value is -0.640. The van der Waals surface area contributed by atoms with E-state index in [1.165, 1.54) is 110 Å². The van der Waals surface area contributed by atoms with E-state index in [0.29, 0.717) is 12.1 Å². The van der Waals surface area contributed by atoms with Gasteiger partial charge in [0.05, 0.1) is 0 Å². The first-order chi connectivity index (χ1) is 16.6. The van der Waals surface area contributed by atoms with Crippen molar-refractivity contribution in [2.45, 2.75) is 135 Å². The van der Waals surface area contributed by atoms with Gasteiger partial charge in [-0.05, 0) is 115 Å². The van der Waals surface area contributed by atoms with Crippen LogP contribution in [-0.4, -0.2) is 60.1 Å². The molecule has 5 rings (SSSR count). The second-order valence-corrected chi connectivity index (χ2v) is 12.7. The number of hydrogen-bond donors (Lipinski definition) is 1. The summed E-state index contributed by atoms with van der Waals surface area (Å²) in [4.78, 5) is 5.56. The van der Waals surface area contributed by atoms with Gasteiger partial charge in [-0.25, -0.2) is 0 Å². The topological polar surface area (TPSA) is 18.5 Å². The number of hydrogen-bond acceptors (Lipinski definition) is 3. The zero-order valence-electron chi connectivity index (χ0n) is 22.9. The second-order valence-electron chi connectivity index (χ2n) is 12.7. The SMILES string of the molecule is CCN1CCCC2=C(CC3CCCC(CC4=C5CCCN(CC)C5CC(C)C4)N3)CC(C)CC21. The highest BCUT2D eigenvalue weighted by molar-refractivity contribution is 5.28. The fraction of sp³-hybridized carbons (Fsp3) is 0.871. The lowest BCUT2D eigenvalue weighted by atomic mass is 9.74. The van der Waals surface area contributed by atoms with Gasteiger partial charge in [0.2, 0.25) is 0 Å². The van der Waals surface area contributed by atoms with Crippen molar-refractivity contribution in [3.8, 4) is 0 Å². The maximum Gasteiger partial charge on any atom is 0.0312 e. The molecule has 1 N–H and O–H groups in total. The van der Waals surface area contributed by atoms with Crippen molar-refractivity contribution in [3.63, 3.8) is 0 Å². The molecule has 3 aliphatic heterocycles. The molecule has 5 aliphatic rings. The van der Waals surface area contributed by atoms with E-state index in [1.54, 1.807) is 0 Å². The van der Waals surface area contributed by atoms with E-state index in [2.05, 4.69) is 42.8 Å². The van der Waals surface area contributed by atoms with Crippen molar-refractivity contribution >= 4 is 0 Å². The number of likely N-dealkylation sites (tertiary alicyclic amines) is 2. The van der Waals surface area contributed by atoms with Gasteiger partial charge in [-0.2, -0.15) is 0 Å². The van der Waals surface area contributed by atoms with Gasteiger partial charge in [0.15, 0.2) is 0 Å². The standard InChI is InChI=1S/C31H53N3/c1-5-33-14-8-12-28-24(16-22(3)18-30(28)33)20-26-10-7-11-27(32-26)21-25-17-23(4)19-31-29(25)13-9-15-34(31)6-2/h22-23,26-27,30-32H,5-21H2,1-4H3. The predicted octanol–water partition coefficient (Wildman–Crippen LogP) is 6.70. The summed E-state index contributed by atoms with van der Waals surface area (Å²) >= 11 is 0. The minimum absolute atomic E-state index is 0.713. The maximum absolute atomic E-state index is 4.22. The highest BCUT2D eigenvalue weighted by Crippen LogP contribution is 2.42. The minimum atomic E-state index is 0.713. The Bertz CT molecular complexity index is 705. The molecule has 0 radical (unpaired) electrons. The maximum atomic E-state index is 4.22. The Morgan fingerprint density at radius 3 is 1.62 bits per heavy atom. The van der Waals surface area contributed by atoms with E-state index in [4.69, 9.17) is 0 Å². The van der Waals surface area contributed by atoms with Crippen molar-refractivity contribution in [1.82, 2.24) is 15.1 Å². The molecule has 3 saturated heterocycles. The highest BCUT2D eigenvalue weighted by Gasteiger charge is 2.36. The van der Waals surface area contributed by atoms with Gasteiger partial charge < -0.3 is 5.32 Å². The van der Waals surface area contributed by atoms with Crippen LogP contribution in [0.2, 0.25) is 0 Å². The van der Waals surface area contributed by atoms with E-state index in [-0.39, 0.29) is 0 Å². The van der Waals surface area contributed by atoms with E-state index in [9.17, 15) is 0 Å². The van der Waals surface area contributed by atoms with Gasteiger partial charge in [-0.3, -0.25) is 9.80 Å². The largest absolute Gasteiger partial charge is 0.311 e. The molecule has 0 saturated carbocycles. The van der Waals surface area contributed by atoms with Gasteiger partial charge >= 0.3 is 0 Å². The summed E-state index contributed by atoms with van der Waals surface area (Å²) in [5.74, 6) is 1.71. The molecule has 6 unspecified atom stereocenters. The van der Waals surface area contributed by atoms with Gasteiger partial charge in [-0.1, -0.05) is 56.4 Å². The molecular weight excluding hydrogens is 414 g/mol. The zero-order valence-corrected chi connectivity index (χ0v) is 22.9. The molecule has 0 amide bonds. The molecule has 2 aliphatic carbocycles. The summed E-state index contributed by atoms with van der Waals surface area (Å²) in [5.41, 5.74) is 7.45. The summed E-state index contributed by atoms with van der Waals surface area (Å²) in [7, 11) is 0. The first-order valence-electron chi connectivity index (χ1n) is 15.2. The van der Waals surface area contributed by atoms with E-state index in [0.717, 1.165) is 23.9 Å². The van der Waals surface area contributed by atoms with Crippen molar-refractivity contribution in [2.24, 2.45) is 11.8 Å². The van der Waals surface area contributed by atoms with Gasteiger partial charge in [0, 0.05) is 24.2 Å². The Labute approximate surface area is 210 Å². The van der Waals surface area contributed by atoms with E-state index < -0.39 is 0 Å². The molecule has 192 valence electrons. The van der Waals surface area contributed by atoms with Gasteiger partial charge in [0.1, 0.15) is 0 Å². The smallest absolute Gasteiger partial charge is 0.0312 e. The van der Waals surface area contributed by atoms with Crippen LogP contribution in [0.1, 0.15) is 111 Å². The van der Waals surface area contributed by atoms with Crippen LogP contribution in [0, 0.1) is 11.8 Å². The number of nitrogens with one attached hydrogen (secondary N) is 1. The van der Waals surface area contributed by atoms with Crippen LogP contribution in [-0.2, 0) is 0 Å². The molecule has 6 atom stereocenters. The number of nitrogens with zero attached hydrogens (tertiary/aromatic N) is 2. The Balaban J connectivity index is 1.27. The first kappa shape index (κ1) is 25.0. The molecule has 0 aromatic carbocycles. The Morgan fingerprint density at radius 2 is 1.18 bits per heavy atom. The van der Waals surface area contributed by atoms with Crippen molar-refractivity contribution in [1.29, 1.82) is 0 Å². The average molecular weight is 468 g/mol. The van der Waals surface area contributed by atoms with Crippen LogP contribution < -0.4 is 5.32 Å². The lowest BCUT2D eigenvalue weighted by Crippen LogP contribution is -2.47. The number of fused-ring (bicyclic) bond motifs is 2. The predicted molar refractivity (Wildman–Crippen MR) is 145 cm³/mol. The average Bonchev–Trinajstić information content (AvgIpc) is 2.83. The Kier molecular flexibility index (Phi) is 8.23. The molecule has 3 fully saturated rings. The quantitative estimate of drug-likeness (QED) is 0.439. The third-order valence-corrected chi connectivity index (χ3v) is 10.2. The summed E-state index contributed by atoms with van der Waals surface area (Å²) in [5, 5.41) is 4.22. The summed E-state index contributed by atoms with van der Waals surface area (Å²) in [6.45, 7) is 14.8. The van der Waals surface area contributed by atoms with Crippen LogP contribution in [0.25, 0.3) is 0 Å². The van der Waals surface area contributed by atoms with Crippen LogP contribution in [0.5, 0.6) is 0 Å². The molecule has 0 spiro atoms. The lowest BCUT2D eigenvalue weighted by Gasteiger charge is -2.45. The molecule has 0 aromatic heterocycles. The number of piperidine rings is 3. The molecular formula is C31H53N3. The lowest BCUT2D eigenvalue weighted by molar-refractivity contribution is 0.161. The van der Waals surface area contributed by atoms with Crippen molar-refractivity contribution in [2.75, 3.05) is 26.2 Å². The number of likely N-dealkylation sites (N-methyl/N-ethyl adjacent to an activating group) is 2. The van der Waals surface area contributed by atoms with Crippen LogP contribution in [0.4, 0.5) is 0 Å². The van der Waals surface area contributed by atoms with E-state index in [1.807, 2.05) is 22.3 Å². The summed E-state index contributed by atoms with van der Waals surface area (Å²) in [6.07, 6.45) is 17.9. The van der Waals surface area contributed by atoms with Gasteiger partial charge in [0.25, 0.3) is 0 Å². The van der Waals surface area contributed by atoms with Crippen LogP contribution in [0.3, 0.4) is 0 Å². The summed E-state index contributed by atoms with van der Waals surface area (Å²) < 4.78 is 0. The minimum Gasteiger partial charge on any atom is -0.311 e. The summed E-state index contributed by atoms with van der Waals surface area (Å²) in [6, 6.07) is 2.95. The van der Waals surface area contributed by atoms with Crippen LogP contribution in [0.15, 0.2) is 22.3 Å². The molecule has 0 bridgehead atoms. The van der Waals surface area contributed by atoms with E-state index >= 15 is 0 Å². The third kappa shape index (κ3) is 5.37. The fourth-order valence-corrected chi connectivity index (χ4v) is 8.68. The third-order valence-electron chi connectivity index (χ3n) is 10.2. The zero-order chi connectivity index (χ0) is 23.7.